The van der Waals surface area contributed by atoms with Gasteiger partial charge in [-0.25, -0.2) is 4.79 Å². The number of hydrogen-bond donors (Lipinski definition) is 1. The van der Waals surface area contributed by atoms with Crippen molar-refractivity contribution in [1.82, 2.24) is 10.2 Å². The van der Waals surface area contributed by atoms with Crippen LogP contribution in [0, 0.1) is 0 Å². The number of carbonyl (C=O) groups is 1. The number of hydrogen-bond acceptors (Lipinski definition) is 1. The Balaban J connectivity index is 1.97. The molecule has 1 N–H and O–H groups in total. The number of carbonyl (C=O) groups excluding carboxylic acids is 1. The molecule has 1 aromatic rings. The van der Waals surface area contributed by atoms with Crippen molar-refractivity contribution in [2.45, 2.75) is 32.1 Å². The van der Waals surface area contributed by atoms with Crippen molar-refractivity contribution >= 4 is 17.6 Å². The van der Waals surface area contributed by atoms with Crippen molar-refractivity contribution in [2.75, 3.05) is 19.6 Å². The largest absolute Gasteiger partial charge is 0.337 e. The first-order valence-electron chi connectivity index (χ1n) is 6.78. The Labute approximate surface area is 119 Å². The molecule has 0 aromatic heterocycles. The van der Waals surface area contributed by atoms with Crippen molar-refractivity contribution in [1.29, 1.82) is 0 Å². The lowest BCUT2D eigenvalue weighted by molar-refractivity contribution is 0.206. The fraction of sp³-hybridized carbons (Fsp3) is 0.533. The molecule has 1 aliphatic rings. The summed E-state index contributed by atoms with van der Waals surface area (Å²) in [4.78, 5) is 13.9. The third-order valence-electron chi connectivity index (χ3n) is 3.68. The van der Waals surface area contributed by atoms with Crippen LogP contribution in [0.4, 0.5) is 4.79 Å². The Hall–Kier alpha value is -1.22. The van der Waals surface area contributed by atoms with Crippen LogP contribution in [0.3, 0.4) is 0 Å². The standard InChI is InChI=1S/C15H21ClN2O/c1-15(2,12-7-3-4-8-13(12)16)11-17-14(19)18-9-5-6-10-18/h3-4,7-8H,5-6,9-11H2,1-2H3,(H,17,19). The average Bonchev–Trinajstić information content (AvgIpc) is 2.90. The highest BCUT2D eigenvalue weighted by atomic mass is 35.5. The van der Waals surface area contributed by atoms with Gasteiger partial charge in [0.2, 0.25) is 0 Å². The van der Waals surface area contributed by atoms with Gasteiger partial charge in [-0.3, -0.25) is 0 Å². The Morgan fingerprint density at radius 3 is 2.58 bits per heavy atom. The maximum absolute atomic E-state index is 12.0. The van der Waals surface area contributed by atoms with Gasteiger partial charge in [0.05, 0.1) is 0 Å². The van der Waals surface area contributed by atoms with Gasteiger partial charge in [0.1, 0.15) is 0 Å². The molecule has 0 radical (unpaired) electrons. The Bertz CT molecular complexity index is 453. The number of rotatable bonds is 3. The monoisotopic (exact) mass is 280 g/mol. The second kappa shape index (κ2) is 5.83. The van der Waals surface area contributed by atoms with E-state index in [1.807, 2.05) is 29.2 Å². The molecule has 4 heteroatoms. The summed E-state index contributed by atoms with van der Waals surface area (Å²) in [7, 11) is 0. The summed E-state index contributed by atoms with van der Waals surface area (Å²) in [6, 6.07) is 7.85. The minimum absolute atomic E-state index is 0.0395. The minimum Gasteiger partial charge on any atom is -0.337 e. The molecular weight excluding hydrogens is 260 g/mol. The van der Waals surface area contributed by atoms with Crippen LogP contribution in [0.1, 0.15) is 32.3 Å². The molecule has 2 amide bonds. The van der Waals surface area contributed by atoms with E-state index in [1.54, 1.807) is 0 Å². The second-order valence-electron chi connectivity index (χ2n) is 5.72. The summed E-state index contributed by atoms with van der Waals surface area (Å²) in [6.45, 7) is 6.53. The number of nitrogens with zero attached hydrogens (tertiary/aromatic N) is 1. The average molecular weight is 281 g/mol. The molecular formula is C15H21ClN2O. The van der Waals surface area contributed by atoms with Crippen LogP contribution in [0.25, 0.3) is 0 Å². The number of amides is 2. The summed E-state index contributed by atoms with van der Waals surface area (Å²) >= 11 is 6.23. The highest BCUT2D eigenvalue weighted by molar-refractivity contribution is 6.31. The van der Waals surface area contributed by atoms with Gasteiger partial charge in [0, 0.05) is 30.1 Å². The van der Waals surface area contributed by atoms with Gasteiger partial charge < -0.3 is 10.2 Å². The predicted molar refractivity (Wildman–Crippen MR) is 78.7 cm³/mol. The fourth-order valence-corrected chi connectivity index (χ4v) is 2.83. The molecule has 0 aliphatic carbocycles. The Kier molecular flexibility index (Phi) is 4.35. The van der Waals surface area contributed by atoms with E-state index in [4.69, 9.17) is 11.6 Å². The van der Waals surface area contributed by atoms with E-state index in [2.05, 4.69) is 19.2 Å². The number of nitrogens with one attached hydrogen (secondary N) is 1. The smallest absolute Gasteiger partial charge is 0.317 e. The van der Waals surface area contributed by atoms with E-state index in [9.17, 15) is 4.79 Å². The first kappa shape index (κ1) is 14.2. The van der Waals surface area contributed by atoms with Crippen molar-refractivity contribution in [2.24, 2.45) is 0 Å². The zero-order valence-electron chi connectivity index (χ0n) is 11.6. The molecule has 19 heavy (non-hydrogen) atoms. The lowest BCUT2D eigenvalue weighted by Gasteiger charge is -2.28. The van der Waals surface area contributed by atoms with E-state index < -0.39 is 0 Å². The summed E-state index contributed by atoms with van der Waals surface area (Å²) in [5, 5.41) is 3.77. The van der Waals surface area contributed by atoms with Crippen LogP contribution in [-0.4, -0.2) is 30.6 Å². The Morgan fingerprint density at radius 2 is 1.95 bits per heavy atom. The van der Waals surface area contributed by atoms with Gasteiger partial charge in [-0.1, -0.05) is 43.6 Å². The molecule has 0 saturated carbocycles. The molecule has 1 heterocycles. The maximum atomic E-state index is 12.0. The molecule has 0 atom stereocenters. The summed E-state index contributed by atoms with van der Waals surface area (Å²) in [5.74, 6) is 0. The molecule has 0 bridgehead atoms. The highest BCUT2D eigenvalue weighted by Gasteiger charge is 2.25. The van der Waals surface area contributed by atoms with Crippen molar-refractivity contribution in [3.63, 3.8) is 0 Å². The molecule has 1 aliphatic heterocycles. The van der Waals surface area contributed by atoms with Crippen LogP contribution >= 0.6 is 11.6 Å². The zero-order chi connectivity index (χ0) is 13.9. The van der Waals surface area contributed by atoms with Gasteiger partial charge >= 0.3 is 6.03 Å². The highest BCUT2D eigenvalue weighted by Crippen LogP contribution is 2.29. The van der Waals surface area contributed by atoms with Crippen molar-refractivity contribution in [3.8, 4) is 0 Å². The fourth-order valence-electron chi connectivity index (χ4n) is 2.43. The van der Waals surface area contributed by atoms with Gasteiger partial charge in [0.15, 0.2) is 0 Å². The zero-order valence-corrected chi connectivity index (χ0v) is 12.3. The molecule has 1 fully saturated rings. The lowest BCUT2D eigenvalue weighted by Crippen LogP contribution is -2.43. The van der Waals surface area contributed by atoms with E-state index in [0.29, 0.717) is 6.54 Å². The number of benzene rings is 1. The second-order valence-corrected chi connectivity index (χ2v) is 6.12. The maximum Gasteiger partial charge on any atom is 0.317 e. The third kappa shape index (κ3) is 3.41. The number of likely N-dealkylation sites (tertiary alicyclic amines) is 1. The summed E-state index contributed by atoms with van der Waals surface area (Å²) in [6.07, 6.45) is 2.22. The van der Waals surface area contributed by atoms with Crippen LogP contribution in [-0.2, 0) is 5.41 Å². The molecule has 1 saturated heterocycles. The SMILES string of the molecule is CC(C)(CNC(=O)N1CCCC1)c1ccccc1Cl. The first-order chi connectivity index (χ1) is 9.00. The van der Waals surface area contributed by atoms with Gasteiger partial charge in [0.25, 0.3) is 0 Å². The lowest BCUT2D eigenvalue weighted by atomic mass is 9.84. The topological polar surface area (TPSA) is 32.3 Å². The molecule has 2 rings (SSSR count). The summed E-state index contributed by atoms with van der Waals surface area (Å²) < 4.78 is 0. The molecule has 0 spiro atoms. The predicted octanol–water partition coefficient (Wildman–Crippen LogP) is 3.42. The summed E-state index contributed by atoms with van der Waals surface area (Å²) in [5.41, 5.74) is 0.895. The molecule has 1 aromatic carbocycles. The minimum atomic E-state index is -0.173. The van der Waals surface area contributed by atoms with E-state index in [0.717, 1.165) is 36.5 Å². The van der Waals surface area contributed by atoms with Crippen LogP contribution in [0.2, 0.25) is 5.02 Å². The van der Waals surface area contributed by atoms with Crippen LogP contribution in [0.5, 0.6) is 0 Å². The van der Waals surface area contributed by atoms with Crippen LogP contribution in [0.15, 0.2) is 24.3 Å². The molecule has 104 valence electrons. The van der Waals surface area contributed by atoms with E-state index >= 15 is 0 Å². The number of urea groups is 1. The van der Waals surface area contributed by atoms with Gasteiger partial charge in [-0.05, 0) is 24.5 Å². The van der Waals surface area contributed by atoms with E-state index in [-0.39, 0.29) is 11.4 Å². The first-order valence-corrected chi connectivity index (χ1v) is 7.16. The number of halogens is 1. The normalized spacial score (nSPS) is 15.6. The Morgan fingerprint density at radius 1 is 1.32 bits per heavy atom. The van der Waals surface area contributed by atoms with Crippen molar-refractivity contribution in [3.05, 3.63) is 34.9 Å². The van der Waals surface area contributed by atoms with Gasteiger partial charge in [-0.15, -0.1) is 0 Å². The molecule has 3 nitrogen and oxygen atoms in total. The van der Waals surface area contributed by atoms with Crippen molar-refractivity contribution < 1.29 is 4.79 Å². The van der Waals surface area contributed by atoms with Crippen LogP contribution < -0.4 is 5.32 Å². The molecule has 0 unspecified atom stereocenters. The van der Waals surface area contributed by atoms with Gasteiger partial charge in [-0.2, -0.15) is 0 Å². The van der Waals surface area contributed by atoms with E-state index in [1.165, 1.54) is 0 Å². The third-order valence-corrected chi connectivity index (χ3v) is 4.01. The quantitative estimate of drug-likeness (QED) is 0.904.